The Hall–Kier alpha value is -2.91. The summed E-state index contributed by atoms with van der Waals surface area (Å²) in [6.07, 6.45) is 3.64. The molecule has 0 amide bonds. The molecule has 0 saturated heterocycles. The molecule has 2 N–H and O–H groups in total. The first-order chi connectivity index (χ1) is 12.5. The van der Waals surface area contributed by atoms with Gasteiger partial charge in [-0.15, -0.1) is 0 Å². The van der Waals surface area contributed by atoms with Crippen molar-refractivity contribution in [2.24, 2.45) is 0 Å². The lowest BCUT2D eigenvalue weighted by atomic mass is 10.1. The van der Waals surface area contributed by atoms with E-state index in [2.05, 4.69) is 26.3 Å². The van der Waals surface area contributed by atoms with Crippen molar-refractivity contribution < 1.29 is 0 Å². The van der Waals surface area contributed by atoms with Crippen LogP contribution in [0.1, 0.15) is 48.5 Å². The minimum Gasteiger partial charge on any atom is -0.347 e. The predicted molar refractivity (Wildman–Crippen MR) is 100 cm³/mol. The number of nitriles is 1. The standard InChI is InChI=1S/C19H16ClN5O/c1-10(15-7-12-6-14(20)4-5-16(12)24-18(15)26)23-19-22-9-13(8-21)17(25-19)11-2-3-11/h4-7,9-11H,2-3H2,1H3,(H,24,26)(H,22,23,25). The Balaban J connectivity index is 1.66. The largest absolute Gasteiger partial charge is 0.347 e. The maximum absolute atomic E-state index is 12.4. The molecule has 0 aliphatic heterocycles. The lowest BCUT2D eigenvalue weighted by molar-refractivity contribution is 0.836. The molecule has 1 aliphatic rings. The number of benzene rings is 1. The third-order valence-electron chi connectivity index (χ3n) is 4.55. The van der Waals surface area contributed by atoms with Crippen LogP contribution in [0.3, 0.4) is 0 Å². The smallest absolute Gasteiger partial charge is 0.253 e. The van der Waals surface area contributed by atoms with E-state index in [1.807, 2.05) is 19.1 Å². The number of H-pyrrole nitrogens is 1. The minimum atomic E-state index is -0.304. The van der Waals surface area contributed by atoms with Crippen molar-refractivity contribution in [3.63, 3.8) is 0 Å². The second-order valence-corrected chi connectivity index (χ2v) is 6.97. The Morgan fingerprint density at radius 1 is 1.38 bits per heavy atom. The van der Waals surface area contributed by atoms with E-state index in [1.165, 1.54) is 0 Å². The third kappa shape index (κ3) is 3.14. The van der Waals surface area contributed by atoms with Crippen LogP contribution in [0.2, 0.25) is 5.02 Å². The summed E-state index contributed by atoms with van der Waals surface area (Å²) in [5.74, 6) is 0.763. The molecule has 1 atom stereocenters. The van der Waals surface area contributed by atoms with Crippen LogP contribution in [-0.2, 0) is 0 Å². The zero-order chi connectivity index (χ0) is 18.3. The molecule has 7 heteroatoms. The zero-order valence-electron chi connectivity index (χ0n) is 14.1. The first-order valence-corrected chi connectivity index (χ1v) is 8.79. The summed E-state index contributed by atoms with van der Waals surface area (Å²) in [7, 11) is 0. The van der Waals surface area contributed by atoms with E-state index in [4.69, 9.17) is 11.6 Å². The van der Waals surface area contributed by atoms with Gasteiger partial charge < -0.3 is 10.3 Å². The lowest BCUT2D eigenvalue weighted by Crippen LogP contribution is -2.20. The van der Waals surface area contributed by atoms with Gasteiger partial charge >= 0.3 is 0 Å². The van der Waals surface area contributed by atoms with Gasteiger partial charge in [0.2, 0.25) is 5.95 Å². The van der Waals surface area contributed by atoms with Crippen LogP contribution in [-0.4, -0.2) is 15.0 Å². The van der Waals surface area contributed by atoms with Crippen LogP contribution in [0.25, 0.3) is 10.9 Å². The molecule has 26 heavy (non-hydrogen) atoms. The number of hydrogen-bond donors (Lipinski definition) is 2. The zero-order valence-corrected chi connectivity index (χ0v) is 14.8. The fraction of sp³-hybridized carbons (Fsp3) is 0.263. The van der Waals surface area contributed by atoms with E-state index in [9.17, 15) is 10.1 Å². The van der Waals surface area contributed by atoms with Crippen LogP contribution >= 0.6 is 11.6 Å². The van der Waals surface area contributed by atoms with Crippen molar-refractivity contribution in [1.29, 1.82) is 5.26 Å². The Bertz CT molecular complexity index is 1100. The SMILES string of the molecule is CC(Nc1ncc(C#N)c(C2CC2)n1)c1cc2cc(Cl)ccc2[nH]c1=O. The van der Waals surface area contributed by atoms with Gasteiger partial charge in [-0.05, 0) is 44.0 Å². The highest BCUT2D eigenvalue weighted by Gasteiger charge is 2.28. The normalized spacial score (nSPS) is 14.8. The third-order valence-corrected chi connectivity index (χ3v) is 4.78. The molecule has 1 aliphatic carbocycles. The number of aromatic amines is 1. The van der Waals surface area contributed by atoms with Gasteiger partial charge in [0.05, 0.1) is 23.5 Å². The van der Waals surface area contributed by atoms with E-state index in [-0.39, 0.29) is 11.6 Å². The van der Waals surface area contributed by atoms with Gasteiger partial charge in [-0.3, -0.25) is 4.79 Å². The van der Waals surface area contributed by atoms with Crippen LogP contribution in [0.15, 0.2) is 35.3 Å². The van der Waals surface area contributed by atoms with Crippen molar-refractivity contribution in [3.05, 3.63) is 62.7 Å². The Labute approximate surface area is 154 Å². The molecular weight excluding hydrogens is 350 g/mol. The van der Waals surface area contributed by atoms with Crippen LogP contribution in [0.5, 0.6) is 0 Å². The summed E-state index contributed by atoms with van der Waals surface area (Å²) in [6.45, 7) is 1.87. The predicted octanol–water partition coefficient (Wildman–Crippen LogP) is 3.89. The topological polar surface area (TPSA) is 94.5 Å². The Morgan fingerprint density at radius 2 is 2.19 bits per heavy atom. The molecule has 130 valence electrons. The average Bonchev–Trinajstić information content (AvgIpc) is 3.46. The molecule has 1 unspecified atom stereocenters. The fourth-order valence-electron chi connectivity index (χ4n) is 3.01. The molecule has 1 saturated carbocycles. The number of hydrogen-bond acceptors (Lipinski definition) is 5. The molecule has 2 heterocycles. The summed E-state index contributed by atoms with van der Waals surface area (Å²) >= 11 is 6.05. The maximum Gasteiger partial charge on any atom is 0.253 e. The number of nitrogens with one attached hydrogen (secondary N) is 2. The molecule has 6 nitrogen and oxygen atoms in total. The highest BCUT2D eigenvalue weighted by molar-refractivity contribution is 6.31. The van der Waals surface area contributed by atoms with Crippen molar-refractivity contribution in [2.75, 3.05) is 5.32 Å². The van der Waals surface area contributed by atoms with Gasteiger partial charge in [0, 0.05) is 27.4 Å². The van der Waals surface area contributed by atoms with E-state index in [0.29, 0.717) is 28.0 Å². The highest BCUT2D eigenvalue weighted by Crippen LogP contribution is 2.40. The van der Waals surface area contributed by atoms with E-state index < -0.39 is 0 Å². The van der Waals surface area contributed by atoms with Gasteiger partial charge in [-0.1, -0.05) is 11.6 Å². The van der Waals surface area contributed by atoms with Crippen LogP contribution in [0.4, 0.5) is 5.95 Å². The summed E-state index contributed by atoms with van der Waals surface area (Å²) < 4.78 is 0. The Kier molecular flexibility index (Phi) is 4.09. The number of nitrogens with zero attached hydrogens (tertiary/aromatic N) is 3. The maximum atomic E-state index is 12.4. The monoisotopic (exact) mass is 365 g/mol. The van der Waals surface area contributed by atoms with Gasteiger partial charge in [-0.2, -0.15) is 5.26 Å². The van der Waals surface area contributed by atoms with Crippen molar-refractivity contribution in [3.8, 4) is 6.07 Å². The van der Waals surface area contributed by atoms with Crippen molar-refractivity contribution in [2.45, 2.75) is 31.7 Å². The average molecular weight is 366 g/mol. The summed E-state index contributed by atoms with van der Waals surface area (Å²) in [5.41, 5.74) is 2.44. The van der Waals surface area contributed by atoms with Crippen LogP contribution in [0, 0.1) is 11.3 Å². The number of halogens is 1. The van der Waals surface area contributed by atoms with Crippen LogP contribution < -0.4 is 10.9 Å². The molecular formula is C19H16ClN5O. The molecule has 4 rings (SSSR count). The summed E-state index contributed by atoms with van der Waals surface area (Å²) in [6, 6.07) is 9.00. The first-order valence-electron chi connectivity index (χ1n) is 8.41. The fourth-order valence-corrected chi connectivity index (χ4v) is 3.19. The quantitative estimate of drug-likeness (QED) is 0.731. The molecule has 3 aromatic rings. The number of anilines is 1. The number of fused-ring (bicyclic) bond motifs is 1. The van der Waals surface area contributed by atoms with Gasteiger partial charge in [0.15, 0.2) is 0 Å². The molecule has 0 radical (unpaired) electrons. The molecule has 1 fully saturated rings. The Morgan fingerprint density at radius 3 is 2.92 bits per heavy atom. The van der Waals surface area contributed by atoms with Gasteiger partial charge in [-0.25, -0.2) is 9.97 Å². The summed E-state index contributed by atoms with van der Waals surface area (Å²) in [5, 5.41) is 13.8. The van der Waals surface area contributed by atoms with Crippen molar-refractivity contribution >= 4 is 28.5 Å². The highest BCUT2D eigenvalue weighted by atomic mass is 35.5. The summed E-state index contributed by atoms with van der Waals surface area (Å²) in [4.78, 5) is 24.0. The second kappa shape index (κ2) is 6.43. The second-order valence-electron chi connectivity index (χ2n) is 6.53. The first kappa shape index (κ1) is 16.6. The van der Waals surface area contributed by atoms with Gasteiger partial charge in [0.1, 0.15) is 6.07 Å². The van der Waals surface area contributed by atoms with E-state index >= 15 is 0 Å². The number of aromatic nitrogens is 3. The molecule has 0 bridgehead atoms. The minimum absolute atomic E-state index is 0.170. The van der Waals surface area contributed by atoms with E-state index in [1.54, 1.807) is 18.3 Å². The molecule has 2 aromatic heterocycles. The number of pyridine rings is 1. The molecule has 1 aromatic carbocycles. The van der Waals surface area contributed by atoms with Crippen molar-refractivity contribution in [1.82, 2.24) is 15.0 Å². The molecule has 0 spiro atoms. The number of rotatable bonds is 4. The van der Waals surface area contributed by atoms with Gasteiger partial charge in [0.25, 0.3) is 5.56 Å². The lowest BCUT2D eigenvalue weighted by Gasteiger charge is -2.15. The van der Waals surface area contributed by atoms with E-state index in [0.717, 1.165) is 29.4 Å².